The number of halogens is 5. The molecule has 3 N–H and O–H groups in total. The molecule has 1 saturated carbocycles. The Morgan fingerprint density at radius 3 is 2.32 bits per heavy atom. The third kappa shape index (κ3) is 5.55. The third-order valence-corrected chi connectivity index (χ3v) is 7.81. The van der Waals surface area contributed by atoms with Crippen LogP contribution in [0.25, 0.3) is 11.3 Å². The van der Waals surface area contributed by atoms with Gasteiger partial charge in [0.15, 0.2) is 23.6 Å². The molecule has 2 heterocycles. The summed E-state index contributed by atoms with van der Waals surface area (Å²) in [6.45, 7) is -0.692. The van der Waals surface area contributed by atoms with Crippen molar-refractivity contribution in [1.29, 1.82) is 0 Å². The number of anilines is 1. The van der Waals surface area contributed by atoms with Crippen LogP contribution in [0.5, 0.6) is 0 Å². The van der Waals surface area contributed by atoms with E-state index in [0.29, 0.717) is 18.5 Å². The van der Waals surface area contributed by atoms with Crippen molar-refractivity contribution in [2.45, 2.75) is 55.4 Å². The van der Waals surface area contributed by atoms with Gasteiger partial charge >= 0.3 is 0 Å². The van der Waals surface area contributed by atoms with Crippen LogP contribution < -0.4 is 4.90 Å². The van der Waals surface area contributed by atoms with E-state index in [1.807, 2.05) is 0 Å². The molecule has 10 nitrogen and oxygen atoms in total. The number of carbonyl (C=O) groups excluding carboxylic acids is 1. The SMILES string of the molecule is COC1C(C(=O)N(c2cc(Cl)cc(Cl)c2)[C@H]2CC[C@@H]2O)OC(CO)C(O)C1n1cc(-c2cc(F)c(F)c(F)c2)nn1. The number of hydrogen-bond acceptors (Lipinski definition) is 8. The van der Waals surface area contributed by atoms with Crippen LogP contribution in [0.4, 0.5) is 18.9 Å². The Morgan fingerprint density at radius 2 is 1.78 bits per heavy atom. The summed E-state index contributed by atoms with van der Waals surface area (Å²) in [5, 5.41) is 39.9. The Morgan fingerprint density at radius 1 is 1.12 bits per heavy atom. The molecule has 1 amide bonds. The largest absolute Gasteiger partial charge is 0.394 e. The lowest BCUT2D eigenvalue weighted by molar-refractivity contribution is -0.211. The van der Waals surface area contributed by atoms with Crippen molar-refractivity contribution in [1.82, 2.24) is 15.0 Å². The van der Waals surface area contributed by atoms with Crippen molar-refractivity contribution in [3.8, 4) is 11.3 Å². The summed E-state index contributed by atoms with van der Waals surface area (Å²) in [6, 6.07) is 4.13. The number of methoxy groups -OCH3 is 1. The van der Waals surface area contributed by atoms with E-state index in [1.54, 1.807) is 0 Å². The van der Waals surface area contributed by atoms with E-state index in [0.717, 1.165) is 16.8 Å². The van der Waals surface area contributed by atoms with Gasteiger partial charge in [0.25, 0.3) is 5.91 Å². The van der Waals surface area contributed by atoms with Crippen LogP contribution in [0.2, 0.25) is 10.0 Å². The first-order valence-corrected chi connectivity index (χ1v) is 13.3. The number of hydrogen-bond donors (Lipinski definition) is 3. The van der Waals surface area contributed by atoms with Gasteiger partial charge in [-0.2, -0.15) is 0 Å². The smallest absolute Gasteiger partial charge is 0.259 e. The Kier molecular flexibility index (Phi) is 8.58. The Balaban J connectivity index is 1.53. The number of nitrogens with zero attached hydrogens (tertiary/aromatic N) is 4. The van der Waals surface area contributed by atoms with Crippen molar-refractivity contribution >= 4 is 34.8 Å². The maximum atomic E-state index is 14.1. The highest BCUT2D eigenvalue weighted by Crippen LogP contribution is 2.38. The highest BCUT2D eigenvalue weighted by atomic mass is 35.5. The molecule has 3 aromatic rings. The molecule has 0 bridgehead atoms. The molecule has 1 aromatic heterocycles. The van der Waals surface area contributed by atoms with Gasteiger partial charge in [-0.05, 0) is 43.2 Å². The van der Waals surface area contributed by atoms with E-state index in [4.69, 9.17) is 32.7 Å². The van der Waals surface area contributed by atoms with Crippen LogP contribution in [0.3, 0.4) is 0 Å². The van der Waals surface area contributed by atoms with Gasteiger partial charge in [0.2, 0.25) is 0 Å². The van der Waals surface area contributed by atoms with Gasteiger partial charge in [0, 0.05) is 28.4 Å². The molecule has 41 heavy (non-hydrogen) atoms. The summed E-state index contributed by atoms with van der Waals surface area (Å²) < 4.78 is 53.8. The average Bonchev–Trinajstić information content (AvgIpc) is 3.42. The van der Waals surface area contributed by atoms with E-state index in [2.05, 4.69) is 10.3 Å². The highest BCUT2D eigenvalue weighted by Gasteiger charge is 2.52. The fourth-order valence-corrected chi connectivity index (χ4v) is 5.70. The third-order valence-electron chi connectivity index (χ3n) is 7.37. The molecule has 1 aliphatic heterocycles. The number of benzene rings is 2. The topological polar surface area (TPSA) is 130 Å². The summed E-state index contributed by atoms with van der Waals surface area (Å²) in [7, 11) is 1.27. The number of carbonyl (C=O) groups is 1. The summed E-state index contributed by atoms with van der Waals surface area (Å²) in [5.74, 6) is -5.17. The molecule has 5 unspecified atom stereocenters. The number of aliphatic hydroxyl groups is 3. The van der Waals surface area contributed by atoms with Crippen molar-refractivity contribution in [2.24, 2.45) is 0 Å². The molecule has 5 rings (SSSR count). The molecule has 0 spiro atoms. The quantitative estimate of drug-likeness (QED) is 0.346. The number of amides is 1. The maximum absolute atomic E-state index is 14.1. The normalized spacial score (nSPS) is 27.9. The molecule has 2 aliphatic rings. The lowest BCUT2D eigenvalue weighted by Gasteiger charge is -2.47. The standard InChI is InChI=1S/C26H25Cl2F3N4O6/c1-40-24-22(34-9-17(32-33-34)11-4-15(29)21(31)16(30)5-11)23(38)20(10-36)41-25(24)26(39)35(18-2-3-19(18)37)14-7-12(27)6-13(28)8-14/h4-9,18-20,22-25,36-38H,2-3,10H2,1H3/t18-,19-,20?,22?,23?,24?,25?/m0/s1. The van der Waals surface area contributed by atoms with Crippen molar-refractivity contribution in [2.75, 3.05) is 18.6 Å². The second kappa shape index (κ2) is 11.8. The zero-order valence-electron chi connectivity index (χ0n) is 21.4. The monoisotopic (exact) mass is 616 g/mol. The van der Waals surface area contributed by atoms with E-state index >= 15 is 0 Å². The van der Waals surface area contributed by atoms with Gasteiger partial charge in [-0.3, -0.25) is 4.79 Å². The molecule has 220 valence electrons. The minimum atomic E-state index is -1.64. The summed E-state index contributed by atoms with van der Waals surface area (Å²) in [5.41, 5.74) is 0.103. The lowest BCUT2D eigenvalue weighted by Crippen LogP contribution is -2.64. The van der Waals surface area contributed by atoms with Gasteiger partial charge in [0.05, 0.1) is 24.9 Å². The fraction of sp³-hybridized carbons (Fsp3) is 0.423. The Labute approximate surface area is 241 Å². The second-order valence-corrected chi connectivity index (χ2v) is 10.7. The van der Waals surface area contributed by atoms with Crippen LogP contribution >= 0.6 is 23.2 Å². The molecule has 1 saturated heterocycles. The van der Waals surface area contributed by atoms with Gasteiger partial charge in [-0.15, -0.1) is 5.10 Å². The van der Waals surface area contributed by atoms with Crippen molar-refractivity contribution < 1.29 is 42.8 Å². The maximum Gasteiger partial charge on any atom is 0.259 e. The molecule has 2 aromatic carbocycles. The molecular weight excluding hydrogens is 592 g/mol. The molecule has 7 atom stereocenters. The van der Waals surface area contributed by atoms with E-state index in [1.165, 1.54) is 36.4 Å². The van der Waals surface area contributed by atoms with E-state index < -0.39 is 72.6 Å². The summed E-state index contributed by atoms with van der Waals surface area (Å²) >= 11 is 12.4. The number of rotatable bonds is 7. The number of aromatic nitrogens is 3. The molecular formula is C26H25Cl2F3N4O6. The minimum Gasteiger partial charge on any atom is -0.394 e. The van der Waals surface area contributed by atoms with Crippen LogP contribution in [0, 0.1) is 17.5 Å². The molecule has 1 aliphatic carbocycles. The van der Waals surface area contributed by atoms with Gasteiger partial charge in [0.1, 0.15) is 30.0 Å². The fourth-order valence-electron chi connectivity index (χ4n) is 5.18. The van der Waals surface area contributed by atoms with Crippen LogP contribution in [0.15, 0.2) is 36.5 Å². The van der Waals surface area contributed by atoms with Crippen molar-refractivity contribution in [3.05, 3.63) is 64.0 Å². The number of ether oxygens (including phenoxy) is 2. The summed E-state index contributed by atoms with van der Waals surface area (Å²) in [4.78, 5) is 15.5. The summed E-state index contributed by atoms with van der Waals surface area (Å²) in [6.07, 6.45) is -4.12. The first kappa shape index (κ1) is 29.7. The number of aliphatic hydroxyl groups excluding tert-OH is 3. The predicted molar refractivity (Wildman–Crippen MR) is 140 cm³/mol. The van der Waals surface area contributed by atoms with Gasteiger partial charge in [-0.25, -0.2) is 17.9 Å². The molecule has 0 radical (unpaired) electrons. The lowest BCUT2D eigenvalue weighted by atomic mass is 9.85. The molecule has 15 heteroatoms. The van der Waals surface area contributed by atoms with Crippen LogP contribution in [-0.2, 0) is 14.3 Å². The Bertz CT molecular complexity index is 1400. The minimum absolute atomic E-state index is 0.0624. The zero-order chi connectivity index (χ0) is 29.6. The first-order valence-electron chi connectivity index (χ1n) is 12.5. The van der Waals surface area contributed by atoms with Gasteiger partial charge < -0.3 is 29.7 Å². The van der Waals surface area contributed by atoms with Crippen molar-refractivity contribution in [3.63, 3.8) is 0 Å². The van der Waals surface area contributed by atoms with E-state index in [9.17, 15) is 33.3 Å². The first-order chi connectivity index (χ1) is 19.5. The second-order valence-electron chi connectivity index (χ2n) is 9.84. The average molecular weight is 617 g/mol. The zero-order valence-corrected chi connectivity index (χ0v) is 22.9. The highest BCUT2D eigenvalue weighted by molar-refractivity contribution is 6.35. The van der Waals surface area contributed by atoms with Gasteiger partial charge in [-0.1, -0.05) is 28.4 Å². The van der Waals surface area contributed by atoms with Crippen LogP contribution in [0.1, 0.15) is 18.9 Å². The molecule has 2 fully saturated rings. The Hall–Kier alpha value is -2.78. The van der Waals surface area contributed by atoms with E-state index in [-0.39, 0.29) is 21.3 Å². The predicted octanol–water partition coefficient (Wildman–Crippen LogP) is 2.90. The van der Waals surface area contributed by atoms with Crippen LogP contribution in [-0.4, -0.2) is 86.5 Å².